The number of halogens is 3. The Kier molecular flexibility index (Phi) is 2.82. The van der Waals surface area contributed by atoms with E-state index in [1.807, 2.05) is 0 Å². The monoisotopic (exact) mass is 263 g/mol. The molecule has 2 rings (SSSR count). The molecule has 0 aromatic carbocycles. The van der Waals surface area contributed by atoms with Gasteiger partial charge in [-0.25, -0.2) is 15.0 Å². The van der Waals surface area contributed by atoms with Gasteiger partial charge in [0.15, 0.2) is 10.3 Å². The molecule has 78 valence electrons. The summed E-state index contributed by atoms with van der Waals surface area (Å²) >= 11 is 17.2. The fourth-order valence-electron chi connectivity index (χ4n) is 0.947. The maximum Gasteiger partial charge on any atom is 0.265 e. The van der Waals surface area contributed by atoms with Crippen LogP contribution in [0.25, 0.3) is 11.7 Å². The summed E-state index contributed by atoms with van der Waals surface area (Å²) in [6.07, 6.45) is 1.48. The lowest BCUT2D eigenvalue weighted by atomic mass is 10.5. The quantitative estimate of drug-likeness (QED) is 0.741. The van der Waals surface area contributed by atoms with Gasteiger partial charge in [-0.2, -0.15) is 0 Å². The summed E-state index contributed by atoms with van der Waals surface area (Å²) in [5.41, 5.74) is 0.718. The average Bonchev–Trinajstić information content (AvgIpc) is 2.60. The molecule has 4 nitrogen and oxygen atoms in total. The van der Waals surface area contributed by atoms with Gasteiger partial charge in [-0.3, -0.25) is 0 Å². The van der Waals surface area contributed by atoms with Crippen molar-refractivity contribution in [3.8, 4) is 11.7 Å². The summed E-state index contributed by atoms with van der Waals surface area (Å²) in [4.78, 5) is 11.8. The number of aromatic nitrogens is 3. The molecule has 0 atom stereocenters. The molecule has 0 saturated carbocycles. The van der Waals surface area contributed by atoms with Crippen LogP contribution in [0.5, 0.6) is 0 Å². The highest BCUT2D eigenvalue weighted by Crippen LogP contribution is 2.29. The summed E-state index contributed by atoms with van der Waals surface area (Å²) in [6, 6.07) is 0. The van der Waals surface area contributed by atoms with E-state index in [-0.39, 0.29) is 27.0 Å². The molecule has 2 aromatic rings. The Bertz CT molecular complexity index is 489. The van der Waals surface area contributed by atoms with Crippen molar-refractivity contribution in [3.05, 3.63) is 27.3 Å². The Balaban J connectivity index is 2.55. The largest absolute Gasteiger partial charge is 0.442 e. The minimum Gasteiger partial charge on any atom is -0.442 e. The first kappa shape index (κ1) is 10.7. The highest BCUT2D eigenvalue weighted by molar-refractivity contribution is 6.46. The highest BCUT2D eigenvalue weighted by Gasteiger charge is 2.14. The van der Waals surface area contributed by atoms with Crippen molar-refractivity contribution in [2.45, 2.75) is 6.92 Å². The molecular weight excluding hydrogens is 260 g/mol. The Morgan fingerprint density at radius 1 is 1.07 bits per heavy atom. The molecule has 0 aliphatic rings. The van der Waals surface area contributed by atoms with Crippen LogP contribution >= 0.6 is 34.8 Å². The van der Waals surface area contributed by atoms with Gasteiger partial charge in [-0.05, 0) is 6.92 Å². The maximum atomic E-state index is 5.74. The Morgan fingerprint density at radius 3 is 2.13 bits per heavy atom. The van der Waals surface area contributed by atoms with Gasteiger partial charge in [0.05, 0.1) is 5.69 Å². The van der Waals surface area contributed by atoms with Crippen molar-refractivity contribution < 1.29 is 4.42 Å². The third-order valence-corrected chi connectivity index (χ3v) is 2.68. The zero-order valence-electron chi connectivity index (χ0n) is 7.46. The molecule has 0 aliphatic carbocycles. The first-order valence-electron chi connectivity index (χ1n) is 3.89. The summed E-state index contributed by atoms with van der Waals surface area (Å²) in [6.45, 7) is 1.78. The van der Waals surface area contributed by atoms with Gasteiger partial charge < -0.3 is 4.42 Å². The molecule has 7 heteroatoms. The fourth-order valence-corrected chi connectivity index (χ4v) is 1.42. The zero-order chi connectivity index (χ0) is 11.0. The summed E-state index contributed by atoms with van der Waals surface area (Å²) < 4.78 is 5.10. The summed E-state index contributed by atoms with van der Waals surface area (Å²) in [7, 11) is 0. The second-order valence-corrected chi connectivity index (χ2v) is 3.83. The van der Waals surface area contributed by atoms with Crippen LogP contribution in [0.15, 0.2) is 10.7 Å². The van der Waals surface area contributed by atoms with Gasteiger partial charge in [-0.1, -0.05) is 34.8 Å². The lowest BCUT2D eigenvalue weighted by Crippen LogP contribution is -1.91. The molecule has 0 bridgehead atoms. The van der Waals surface area contributed by atoms with Crippen molar-refractivity contribution in [3.63, 3.8) is 0 Å². The van der Waals surface area contributed by atoms with Crippen molar-refractivity contribution in [2.75, 3.05) is 0 Å². The first-order valence-corrected chi connectivity index (χ1v) is 5.02. The lowest BCUT2D eigenvalue weighted by Gasteiger charge is -1.99. The fraction of sp³-hybridized carbons (Fsp3) is 0.125. The van der Waals surface area contributed by atoms with Crippen LogP contribution in [0.4, 0.5) is 0 Å². The molecule has 0 unspecified atom stereocenters. The smallest absolute Gasteiger partial charge is 0.265 e. The molecule has 0 radical (unpaired) electrons. The average molecular weight is 264 g/mol. The molecule has 0 N–H and O–H groups in total. The molecule has 0 spiro atoms. The highest BCUT2D eigenvalue weighted by atomic mass is 35.5. The van der Waals surface area contributed by atoms with Gasteiger partial charge in [0.2, 0.25) is 5.82 Å². The predicted octanol–water partition coefficient (Wildman–Crippen LogP) is 3.40. The third-order valence-electron chi connectivity index (χ3n) is 1.58. The van der Waals surface area contributed by atoms with Crippen LogP contribution < -0.4 is 0 Å². The van der Waals surface area contributed by atoms with Crippen LogP contribution in [0.3, 0.4) is 0 Å². The van der Waals surface area contributed by atoms with E-state index < -0.39 is 0 Å². The van der Waals surface area contributed by atoms with Crippen molar-refractivity contribution in [1.29, 1.82) is 0 Å². The van der Waals surface area contributed by atoms with E-state index >= 15 is 0 Å². The maximum absolute atomic E-state index is 5.74. The Morgan fingerprint density at radius 2 is 1.67 bits per heavy atom. The number of hydrogen-bond donors (Lipinski definition) is 0. The first-order chi connectivity index (χ1) is 7.08. The second kappa shape index (κ2) is 3.96. The molecule has 2 aromatic heterocycles. The topological polar surface area (TPSA) is 51.8 Å². The van der Waals surface area contributed by atoms with Crippen LogP contribution in [0, 0.1) is 6.92 Å². The SMILES string of the molecule is Cc1coc(-c2nc(Cl)c(Cl)c(Cl)n2)n1. The van der Waals surface area contributed by atoms with Gasteiger partial charge in [0, 0.05) is 0 Å². The number of rotatable bonds is 1. The Labute approximate surface area is 100 Å². The van der Waals surface area contributed by atoms with E-state index in [0.29, 0.717) is 0 Å². The van der Waals surface area contributed by atoms with Gasteiger partial charge >= 0.3 is 0 Å². The molecule has 0 aliphatic heterocycles. The van der Waals surface area contributed by atoms with E-state index in [9.17, 15) is 0 Å². The number of hydrogen-bond acceptors (Lipinski definition) is 4. The van der Waals surface area contributed by atoms with E-state index in [2.05, 4.69) is 15.0 Å². The summed E-state index contributed by atoms with van der Waals surface area (Å²) in [5, 5.41) is 0.260. The third kappa shape index (κ3) is 2.07. The van der Waals surface area contributed by atoms with Gasteiger partial charge in [0.1, 0.15) is 11.3 Å². The molecule has 0 fully saturated rings. The van der Waals surface area contributed by atoms with Crippen molar-refractivity contribution >= 4 is 34.8 Å². The molecule has 2 heterocycles. The molecule has 0 saturated heterocycles. The summed E-state index contributed by atoms with van der Waals surface area (Å²) in [5.74, 6) is 0.468. The van der Waals surface area contributed by atoms with Crippen LogP contribution in [0.2, 0.25) is 15.3 Å². The Hall–Kier alpha value is -0.840. The second-order valence-electron chi connectivity index (χ2n) is 2.74. The van der Waals surface area contributed by atoms with E-state index in [0.717, 1.165) is 5.69 Å². The van der Waals surface area contributed by atoms with Crippen molar-refractivity contribution in [2.24, 2.45) is 0 Å². The van der Waals surface area contributed by atoms with E-state index in [4.69, 9.17) is 39.2 Å². The van der Waals surface area contributed by atoms with E-state index in [1.54, 1.807) is 6.92 Å². The number of oxazole rings is 1. The van der Waals surface area contributed by atoms with Crippen molar-refractivity contribution in [1.82, 2.24) is 15.0 Å². The van der Waals surface area contributed by atoms with E-state index in [1.165, 1.54) is 6.26 Å². The minimum atomic E-state index is 0.0718. The zero-order valence-corrected chi connectivity index (χ0v) is 9.73. The van der Waals surface area contributed by atoms with Gasteiger partial charge in [0.25, 0.3) is 5.89 Å². The molecular formula is C8H4Cl3N3O. The lowest BCUT2D eigenvalue weighted by molar-refractivity contribution is 0.568. The number of nitrogens with zero attached hydrogens (tertiary/aromatic N) is 3. The number of aryl methyl sites for hydroxylation is 1. The standard InChI is InChI=1S/C8H4Cl3N3O/c1-3-2-15-8(12-3)7-13-5(10)4(9)6(11)14-7/h2H,1H3. The van der Waals surface area contributed by atoms with Crippen LogP contribution in [-0.4, -0.2) is 15.0 Å². The van der Waals surface area contributed by atoms with Gasteiger partial charge in [-0.15, -0.1) is 0 Å². The minimum absolute atomic E-state index is 0.0718. The predicted molar refractivity (Wildman–Crippen MR) is 57.3 cm³/mol. The molecule has 15 heavy (non-hydrogen) atoms. The van der Waals surface area contributed by atoms with Crippen LogP contribution in [0.1, 0.15) is 5.69 Å². The molecule has 0 amide bonds. The van der Waals surface area contributed by atoms with Crippen LogP contribution in [-0.2, 0) is 0 Å². The normalized spacial score (nSPS) is 10.7.